The molecule has 1 atom stereocenters. The predicted molar refractivity (Wildman–Crippen MR) is 110 cm³/mol. The molecular weight excluding hydrogens is 385 g/mol. The Labute approximate surface area is 164 Å². The largest absolute Gasteiger partial charge is 0.357 e. The maximum absolute atomic E-state index is 13.7. The number of rotatable bonds is 8. The summed E-state index contributed by atoms with van der Waals surface area (Å²) < 4.78 is 38.4. The van der Waals surface area contributed by atoms with E-state index in [0.717, 1.165) is 12.5 Å². The molecule has 0 saturated heterocycles. The van der Waals surface area contributed by atoms with Crippen LogP contribution in [-0.2, 0) is 16.3 Å². The van der Waals surface area contributed by atoms with Crippen molar-refractivity contribution in [3.05, 3.63) is 52.0 Å². The number of hydrogen-bond donors (Lipinski definition) is 2. The van der Waals surface area contributed by atoms with Crippen LogP contribution in [0.3, 0.4) is 0 Å². The number of sulfone groups is 1. The summed E-state index contributed by atoms with van der Waals surface area (Å²) in [6, 6.07) is 9.76. The second-order valence-corrected chi connectivity index (χ2v) is 9.72. The molecule has 2 rings (SSSR count). The number of thiophene rings is 1. The maximum Gasteiger partial charge on any atom is 0.191 e. The van der Waals surface area contributed by atoms with Gasteiger partial charge >= 0.3 is 0 Å². The second kappa shape index (κ2) is 9.85. The van der Waals surface area contributed by atoms with Crippen LogP contribution in [0.25, 0.3) is 0 Å². The number of aryl methyl sites for hydroxylation is 1. The minimum Gasteiger partial charge on any atom is -0.357 e. The van der Waals surface area contributed by atoms with E-state index in [4.69, 9.17) is 0 Å². The number of nitrogens with zero attached hydrogens (tertiary/aromatic N) is 1. The number of nitrogens with one attached hydrogen (secondary N) is 2. The van der Waals surface area contributed by atoms with Crippen LogP contribution in [-0.4, -0.2) is 39.3 Å². The molecule has 27 heavy (non-hydrogen) atoms. The monoisotopic (exact) mass is 411 g/mol. The fraction of sp³-hybridized carbons (Fsp3) is 0.421. The van der Waals surface area contributed by atoms with E-state index in [-0.39, 0.29) is 23.2 Å². The van der Waals surface area contributed by atoms with Crippen LogP contribution in [0.4, 0.5) is 4.39 Å². The van der Waals surface area contributed by atoms with Crippen molar-refractivity contribution in [2.45, 2.75) is 38.1 Å². The molecule has 2 aromatic rings. The molecule has 1 aromatic carbocycles. The number of guanidine groups is 1. The first-order valence-electron chi connectivity index (χ1n) is 8.89. The summed E-state index contributed by atoms with van der Waals surface area (Å²) in [5, 5.41) is 6.41. The van der Waals surface area contributed by atoms with Gasteiger partial charge in [-0.3, -0.25) is 4.99 Å². The molecule has 0 spiro atoms. The Morgan fingerprint density at radius 3 is 2.63 bits per heavy atom. The summed E-state index contributed by atoms with van der Waals surface area (Å²) in [4.78, 5) is 6.62. The summed E-state index contributed by atoms with van der Waals surface area (Å²) in [7, 11) is -3.71. The third kappa shape index (κ3) is 6.62. The second-order valence-electron chi connectivity index (χ2n) is 6.27. The van der Waals surface area contributed by atoms with Crippen molar-refractivity contribution in [1.82, 2.24) is 10.6 Å². The van der Waals surface area contributed by atoms with Crippen LogP contribution in [0.15, 0.2) is 46.3 Å². The summed E-state index contributed by atoms with van der Waals surface area (Å²) in [5.74, 6) is -0.420. The predicted octanol–water partition coefficient (Wildman–Crippen LogP) is 3.16. The fourth-order valence-electron chi connectivity index (χ4n) is 2.59. The molecule has 148 valence electrons. The third-order valence-electron chi connectivity index (χ3n) is 3.83. The van der Waals surface area contributed by atoms with E-state index in [1.165, 1.54) is 28.0 Å². The molecular formula is C19H26FN3O2S2. The highest BCUT2D eigenvalue weighted by Crippen LogP contribution is 2.17. The molecule has 2 N–H and O–H groups in total. The van der Waals surface area contributed by atoms with Gasteiger partial charge in [0, 0.05) is 28.8 Å². The van der Waals surface area contributed by atoms with Crippen LogP contribution >= 0.6 is 11.3 Å². The molecule has 5 nitrogen and oxygen atoms in total. The summed E-state index contributed by atoms with van der Waals surface area (Å²) in [6.07, 6.45) is 0.858. The van der Waals surface area contributed by atoms with Gasteiger partial charge in [0.1, 0.15) is 10.7 Å². The molecule has 0 amide bonds. The first-order valence-corrected chi connectivity index (χ1v) is 11.4. The zero-order valence-corrected chi connectivity index (χ0v) is 17.5. The quantitative estimate of drug-likeness (QED) is 0.517. The van der Waals surface area contributed by atoms with Crippen molar-refractivity contribution in [2.75, 3.05) is 18.8 Å². The van der Waals surface area contributed by atoms with Crippen LogP contribution in [0.2, 0.25) is 0 Å². The van der Waals surface area contributed by atoms with E-state index < -0.39 is 15.7 Å². The molecule has 8 heteroatoms. The van der Waals surface area contributed by atoms with Gasteiger partial charge in [-0.05, 0) is 45.0 Å². The van der Waals surface area contributed by atoms with Crippen molar-refractivity contribution in [1.29, 1.82) is 0 Å². The van der Waals surface area contributed by atoms with Crippen molar-refractivity contribution >= 4 is 27.1 Å². The molecule has 0 fully saturated rings. The smallest absolute Gasteiger partial charge is 0.191 e. The number of halogens is 1. The van der Waals surface area contributed by atoms with Crippen molar-refractivity contribution < 1.29 is 12.8 Å². The maximum atomic E-state index is 13.7. The SMILES string of the molecule is CCNC(=NCCS(=O)(=O)c1ccccc1F)NC(C)Cc1ccc(C)s1. The van der Waals surface area contributed by atoms with Gasteiger partial charge in [0.2, 0.25) is 0 Å². The Balaban J connectivity index is 1.97. The molecule has 1 aromatic heterocycles. The Kier molecular flexibility index (Phi) is 7.79. The zero-order chi connectivity index (χ0) is 19.9. The Morgan fingerprint density at radius 1 is 1.26 bits per heavy atom. The lowest BCUT2D eigenvalue weighted by molar-refractivity contribution is 0.567. The highest BCUT2D eigenvalue weighted by Gasteiger charge is 2.18. The number of aliphatic imine (C=N–C) groups is 1. The lowest BCUT2D eigenvalue weighted by Crippen LogP contribution is -2.43. The van der Waals surface area contributed by atoms with Crippen LogP contribution in [0, 0.1) is 12.7 Å². The van der Waals surface area contributed by atoms with E-state index in [0.29, 0.717) is 12.5 Å². The summed E-state index contributed by atoms with van der Waals surface area (Å²) in [5.41, 5.74) is 0. The van der Waals surface area contributed by atoms with E-state index in [1.807, 2.05) is 6.92 Å². The van der Waals surface area contributed by atoms with Gasteiger partial charge < -0.3 is 10.6 Å². The van der Waals surface area contributed by atoms with Gasteiger partial charge in [-0.15, -0.1) is 11.3 Å². The van der Waals surface area contributed by atoms with Crippen LogP contribution in [0.1, 0.15) is 23.6 Å². The highest BCUT2D eigenvalue weighted by molar-refractivity contribution is 7.91. The van der Waals surface area contributed by atoms with E-state index in [2.05, 4.69) is 41.6 Å². The highest BCUT2D eigenvalue weighted by atomic mass is 32.2. The average Bonchev–Trinajstić information content (AvgIpc) is 2.99. The normalized spacial score (nSPS) is 13.4. The molecule has 1 heterocycles. The number of benzene rings is 1. The minimum atomic E-state index is -3.71. The summed E-state index contributed by atoms with van der Waals surface area (Å²) in [6.45, 7) is 6.79. The lowest BCUT2D eigenvalue weighted by atomic mass is 10.2. The molecule has 0 aliphatic heterocycles. The van der Waals surface area contributed by atoms with Gasteiger partial charge in [-0.2, -0.15) is 0 Å². The Hall–Kier alpha value is -1.93. The first-order chi connectivity index (χ1) is 12.8. The zero-order valence-electron chi connectivity index (χ0n) is 15.8. The first kappa shape index (κ1) is 21.4. The van der Waals surface area contributed by atoms with Gasteiger partial charge in [-0.25, -0.2) is 12.8 Å². The molecule has 1 unspecified atom stereocenters. The van der Waals surface area contributed by atoms with Crippen molar-refractivity contribution in [3.8, 4) is 0 Å². The van der Waals surface area contributed by atoms with Gasteiger partial charge in [0.15, 0.2) is 15.8 Å². The average molecular weight is 412 g/mol. The van der Waals surface area contributed by atoms with Gasteiger partial charge in [-0.1, -0.05) is 12.1 Å². The summed E-state index contributed by atoms with van der Waals surface area (Å²) >= 11 is 1.76. The fourth-order valence-corrected chi connectivity index (χ4v) is 4.81. The Bertz CT molecular complexity index is 879. The molecule has 0 saturated carbocycles. The molecule has 0 radical (unpaired) electrons. The number of hydrogen-bond acceptors (Lipinski definition) is 4. The van der Waals surface area contributed by atoms with E-state index in [9.17, 15) is 12.8 Å². The van der Waals surface area contributed by atoms with Crippen molar-refractivity contribution in [2.24, 2.45) is 4.99 Å². The molecule has 0 bridgehead atoms. The topological polar surface area (TPSA) is 70.6 Å². The molecule has 0 aliphatic rings. The van der Waals surface area contributed by atoms with Crippen LogP contribution < -0.4 is 10.6 Å². The van der Waals surface area contributed by atoms with Crippen LogP contribution in [0.5, 0.6) is 0 Å². The molecule has 0 aliphatic carbocycles. The van der Waals surface area contributed by atoms with Gasteiger partial charge in [0.05, 0.1) is 12.3 Å². The van der Waals surface area contributed by atoms with Crippen molar-refractivity contribution in [3.63, 3.8) is 0 Å². The standard InChI is InChI=1S/C19H26FN3O2S2/c1-4-21-19(23-14(2)13-16-10-9-15(3)26-16)22-11-12-27(24,25)18-8-6-5-7-17(18)20/h5-10,14H,4,11-13H2,1-3H3,(H2,21,22,23). The van der Waals surface area contributed by atoms with E-state index in [1.54, 1.807) is 11.3 Å². The third-order valence-corrected chi connectivity index (χ3v) is 6.58. The lowest BCUT2D eigenvalue weighted by Gasteiger charge is -2.17. The van der Waals surface area contributed by atoms with Gasteiger partial charge in [0.25, 0.3) is 0 Å². The minimum absolute atomic E-state index is 0.0524. The Morgan fingerprint density at radius 2 is 2.00 bits per heavy atom. The van der Waals surface area contributed by atoms with E-state index >= 15 is 0 Å².